The zero-order valence-electron chi connectivity index (χ0n) is 15.0. The van der Waals surface area contributed by atoms with E-state index in [-0.39, 0.29) is 25.4 Å². The molecule has 0 saturated heterocycles. The van der Waals surface area contributed by atoms with E-state index in [2.05, 4.69) is 10.6 Å². The molecule has 0 radical (unpaired) electrons. The van der Waals surface area contributed by atoms with Gasteiger partial charge in [-0.1, -0.05) is 29.8 Å². The van der Waals surface area contributed by atoms with Crippen LogP contribution in [0.4, 0.5) is 11.4 Å². The first-order valence-electron chi connectivity index (χ1n) is 8.50. The van der Waals surface area contributed by atoms with Crippen molar-refractivity contribution in [2.24, 2.45) is 0 Å². The van der Waals surface area contributed by atoms with Crippen molar-refractivity contribution in [3.8, 4) is 0 Å². The number of halogens is 1. The molecule has 27 heavy (non-hydrogen) atoms. The van der Waals surface area contributed by atoms with Crippen LogP contribution in [0.2, 0.25) is 5.02 Å². The molecule has 142 valence electrons. The number of para-hydroxylation sites is 1. The van der Waals surface area contributed by atoms with E-state index in [9.17, 15) is 14.4 Å². The van der Waals surface area contributed by atoms with Crippen LogP contribution in [0, 0.1) is 6.92 Å². The van der Waals surface area contributed by atoms with Gasteiger partial charge < -0.3 is 15.4 Å². The molecule has 0 saturated carbocycles. The van der Waals surface area contributed by atoms with Crippen molar-refractivity contribution in [2.45, 2.75) is 26.2 Å². The number of hydrogen-bond donors (Lipinski definition) is 2. The first kappa shape index (κ1) is 20.5. The lowest BCUT2D eigenvalue weighted by Crippen LogP contribution is -2.21. The second-order valence-corrected chi connectivity index (χ2v) is 6.37. The van der Waals surface area contributed by atoms with E-state index >= 15 is 0 Å². The molecule has 0 aliphatic carbocycles. The van der Waals surface area contributed by atoms with Crippen molar-refractivity contribution in [1.29, 1.82) is 0 Å². The van der Waals surface area contributed by atoms with Gasteiger partial charge in [0.1, 0.15) is 0 Å². The van der Waals surface area contributed by atoms with Crippen LogP contribution >= 0.6 is 11.6 Å². The van der Waals surface area contributed by atoms with Crippen molar-refractivity contribution >= 4 is 40.8 Å². The smallest absolute Gasteiger partial charge is 0.306 e. The maximum atomic E-state index is 11.9. The number of amides is 2. The molecule has 6 nitrogen and oxygen atoms in total. The molecule has 0 aliphatic heterocycles. The second-order valence-electron chi connectivity index (χ2n) is 5.93. The fourth-order valence-corrected chi connectivity index (χ4v) is 2.39. The molecule has 0 fully saturated rings. The summed E-state index contributed by atoms with van der Waals surface area (Å²) < 4.78 is 4.91. The minimum absolute atomic E-state index is 0.0649. The molecule has 2 aromatic rings. The molecule has 0 unspecified atom stereocenters. The quantitative estimate of drug-likeness (QED) is 0.671. The predicted molar refractivity (Wildman–Crippen MR) is 105 cm³/mol. The topological polar surface area (TPSA) is 84.5 Å². The van der Waals surface area contributed by atoms with Gasteiger partial charge in [0.15, 0.2) is 6.61 Å². The number of ether oxygens (including phenoxy) is 1. The van der Waals surface area contributed by atoms with Crippen LogP contribution in [-0.4, -0.2) is 24.4 Å². The Labute approximate surface area is 162 Å². The molecule has 7 heteroatoms. The van der Waals surface area contributed by atoms with Crippen LogP contribution in [0.25, 0.3) is 0 Å². The van der Waals surface area contributed by atoms with Crippen molar-refractivity contribution in [3.63, 3.8) is 0 Å². The highest BCUT2D eigenvalue weighted by molar-refractivity contribution is 6.30. The summed E-state index contributed by atoms with van der Waals surface area (Å²) in [5, 5.41) is 5.95. The Balaban J connectivity index is 1.63. The minimum atomic E-state index is -0.523. The third kappa shape index (κ3) is 7.50. The molecule has 2 aromatic carbocycles. The molecule has 2 amide bonds. The van der Waals surface area contributed by atoms with E-state index in [1.54, 1.807) is 24.3 Å². The molecule has 0 atom stereocenters. The predicted octanol–water partition coefficient (Wildman–Crippen LogP) is 3.94. The molecule has 0 aliphatic rings. The second kappa shape index (κ2) is 10.3. The summed E-state index contributed by atoms with van der Waals surface area (Å²) in [6.45, 7) is 1.53. The maximum absolute atomic E-state index is 11.9. The number of esters is 1. The maximum Gasteiger partial charge on any atom is 0.306 e. The molecule has 2 N–H and O–H groups in total. The van der Waals surface area contributed by atoms with E-state index < -0.39 is 11.9 Å². The van der Waals surface area contributed by atoms with Gasteiger partial charge >= 0.3 is 5.97 Å². The first-order valence-corrected chi connectivity index (χ1v) is 8.88. The van der Waals surface area contributed by atoms with Gasteiger partial charge in [0, 0.05) is 29.2 Å². The molecule has 0 spiro atoms. The van der Waals surface area contributed by atoms with Crippen molar-refractivity contribution in [3.05, 3.63) is 59.1 Å². The summed E-state index contributed by atoms with van der Waals surface area (Å²) in [5.74, 6) is -1.13. The zero-order chi connectivity index (χ0) is 19.6. The largest absolute Gasteiger partial charge is 0.456 e. The van der Waals surface area contributed by atoms with Crippen LogP contribution in [0.5, 0.6) is 0 Å². The van der Waals surface area contributed by atoms with E-state index in [1.165, 1.54) is 0 Å². The van der Waals surface area contributed by atoms with Crippen molar-refractivity contribution < 1.29 is 19.1 Å². The number of carbonyl (C=O) groups is 3. The average molecular weight is 389 g/mol. The van der Waals surface area contributed by atoms with E-state index in [0.29, 0.717) is 17.1 Å². The van der Waals surface area contributed by atoms with Crippen LogP contribution < -0.4 is 10.6 Å². The van der Waals surface area contributed by atoms with E-state index in [1.807, 2.05) is 31.2 Å². The summed E-state index contributed by atoms with van der Waals surface area (Å²) in [4.78, 5) is 35.3. The molecule has 0 bridgehead atoms. The van der Waals surface area contributed by atoms with Gasteiger partial charge in [0.05, 0.1) is 0 Å². The summed E-state index contributed by atoms with van der Waals surface area (Å²) in [5.41, 5.74) is 2.29. The van der Waals surface area contributed by atoms with Crippen LogP contribution in [0.1, 0.15) is 24.8 Å². The Morgan fingerprint density at radius 1 is 0.926 bits per heavy atom. The number of rotatable bonds is 8. The average Bonchev–Trinajstić information content (AvgIpc) is 2.64. The molecule has 2 rings (SSSR count). The number of nitrogens with one attached hydrogen (secondary N) is 2. The highest BCUT2D eigenvalue weighted by Crippen LogP contribution is 2.14. The first-order chi connectivity index (χ1) is 12.9. The lowest BCUT2D eigenvalue weighted by atomic mass is 10.2. The molecular weight excluding hydrogens is 368 g/mol. The Bertz CT molecular complexity index is 806. The summed E-state index contributed by atoms with van der Waals surface area (Å²) in [7, 11) is 0. The monoisotopic (exact) mass is 388 g/mol. The Hall–Kier alpha value is -2.86. The van der Waals surface area contributed by atoms with Crippen LogP contribution in [0.15, 0.2) is 48.5 Å². The number of benzene rings is 2. The summed E-state index contributed by atoms with van der Waals surface area (Å²) >= 11 is 5.76. The van der Waals surface area contributed by atoms with E-state index in [0.717, 1.165) is 11.3 Å². The Morgan fingerprint density at radius 3 is 2.33 bits per heavy atom. The van der Waals surface area contributed by atoms with Gasteiger partial charge in [0.25, 0.3) is 5.91 Å². The van der Waals surface area contributed by atoms with Gasteiger partial charge in [-0.3, -0.25) is 14.4 Å². The Kier molecular flexibility index (Phi) is 7.82. The SMILES string of the molecule is Cc1ccccc1NC(=O)CCCC(=O)OCC(=O)Nc1ccc(Cl)cc1. The molecular formula is C20H21ClN2O4. The normalized spacial score (nSPS) is 10.1. The fourth-order valence-electron chi connectivity index (χ4n) is 2.27. The van der Waals surface area contributed by atoms with Gasteiger partial charge in [-0.15, -0.1) is 0 Å². The fraction of sp³-hybridized carbons (Fsp3) is 0.250. The van der Waals surface area contributed by atoms with Gasteiger partial charge in [-0.25, -0.2) is 0 Å². The molecule has 0 heterocycles. The lowest BCUT2D eigenvalue weighted by Gasteiger charge is -2.08. The minimum Gasteiger partial charge on any atom is -0.456 e. The third-order valence-corrected chi connectivity index (χ3v) is 3.95. The number of hydrogen-bond acceptors (Lipinski definition) is 4. The number of carbonyl (C=O) groups excluding carboxylic acids is 3. The Morgan fingerprint density at radius 2 is 1.63 bits per heavy atom. The zero-order valence-corrected chi connectivity index (χ0v) is 15.7. The third-order valence-electron chi connectivity index (χ3n) is 3.70. The van der Waals surface area contributed by atoms with Crippen molar-refractivity contribution in [1.82, 2.24) is 0 Å². The van der Waals surface area contributed by atoms with E-state index in [4.69, 9.17) is 16.3 Å². The van der Waals surface area contributed by atoms with Crippen LogP contribution in [0.3, 0.4) is 0 Å². The van der Waals surface area contributed by atoms with Crippen LogP contribution in [-0.2, 0) is 19.1 Å². The summed E-state index contributed by atoms with van der Waals surface area (Å²) in [6.07, 6.45) is 0.602. The van der Waals surface area contributed by atoms with Crippen molar-refractivity contribution in [2.75, 3.05) is 17.2 Å². The van der Waals surface area contributed by atoms with Gasteiger partial charge in [-0.05, 0) is 49.2 Å². The van der Waals surface area contributed by atoms with Gasteiger partial charge in [0.2, 0.25) is 5.91 Å². The molecule has 0 aromatic heterocycles. The lowest BCUT2D eigenvalue weighted by molar-refractivity contribution is -0.147. The highest BCUT2D eigenvalue weighted by Gasteiger charge is 2.10. The summed E-state index contributed by atoms with van der Waals surface area (Å²) in [6, 6.07) is 14.0. The standard InChI is InChI=1S/C20H21ClN2O4/c1-14-5-2-3-6-17(14)23-18(24)7-4-8-20(26)27-13-19(25)22-16-11-9-15(21)10-12-16/h2-3,5-6,9-12H,4,7-8,13H2,1H3,(H,22,25)(H,23,24). The highest BCUT2D eigenvalue weighted by atomic mass is 35.5. The number of aryl methyl sites for hydroxylation is 1. The number of anilines is 2. The van der Waals surface area contributed by atoms with Gasteiger partial charge in [-0.2, -0.15) is 0 Å².